The van der Waals surface area contributed by atoms with E-state index in [1.807, 2.05) is 48.6 Å². The van der Waals surface area contributed by atoms with Crippen LogP contribution in [0.4, 0.5) is 5.69 Å². The highest BCUT2D eigenvalue weighted by atomic mass is 16.1. The van der Waals surface area contributed by atoms with Crippen LogP contribution in [0.2, 0.25) is 0 Å². The predicted octanol–water partition coefficient (Wildman–Crippen LogP) is 3.31. The van der Waals surface area contributed by atoms with Gasteiger partial charge >= 0.3 is 0 Å². The summed E-state index contributed by atoms with van der Waals surface area (Å²) < 4.78 is 0. The average Bonchev–Trinajstić information content (AvgIpc) is 2.71. The molecular formula is C18H22N2O. The predicted molar refractivity (Wildman–Crippen MR) is 88.5 cm³/mol. The van der Waals surface area contributed by atoms with Crippen molar-refractivity contribution >= 4 is 17.2 Å². The Morgan fingerprint density at radius 2 is 1.95 bits per heavy atom. The van der Waals surface area contributed by atoms with E-state index in [1.165, 1.54) is 0 Å². The zero-order valence-corrected chi connectivity index (χ0v) is 12.6. The van der Waals surface area contributed by atoms with E-state index in [4.69, 9.17) is 5.73 Å². The van der Waals surface area contributed by atoms with Gasteiger partial charge in [0.05, 0.1) is 0 Å². The molecule has 0 heterocycles. The Kier molecular flexibility index (Phi) is 4.99. The molecule has 1 aromatic rings. The van der Waals surface area contributed by atoms with Crippen molar-refractivity contribution in [1.29, 1.82) is 0 Å². The van der Waals surface area contributed by atoms with Crippen molar-refractivity contribution in [3.8, 4) is 0 Å². The highest BCUT2D eigenvalue weighted by molar-refractivity contribution is 5.95. The smallest absolute Gasteiger partial charge is 0.247 e. The molecule has 21 heavy (non-hydrogen) atoms. The van der Waals surface area contributed by atoms with Gasteiger partial charge in [0.1, 0.15) is 0 Å². The number of anilines is 1. The number of nitrogens with two attached hydrogens (primary N) is 1. The summed E-state index contributed by atoms with van der Waals surface area (Å²) >= 11 is 0. The molecule has 0 fully saturated rings. The second kappa shape index (κ2) is 6.93. The van der Waals surface area contributed by atoms with Gasteiger partial charge in [0.15, 0.2) is 0 Å². The number of carbonyl (C=O) groups excluding carboxylic acids is 1. The molecule has 0 bridgehead atoms. The highest BCUT2D eigenvalue weighted by Gasteiger charge is 2.10. The lowest BCUT2D eigenvalue weighted by atomic mass is 10.1. The molecule has 0 saturated heterocycles. The van der Waals surface area contributed by atoms with Crippen LogP contribution in [0.1, 0.15) is 25.8 Å². The third-order valence-corrected chi connectivity index (χ3v) is 3.31. The number of rotatable bonds is 4. The van der Waals surface area contributed by atoms with Gasteiger partial charge in [0, 0.05) is 17.8 Å². The summed E-state index contributed by atoms with van der Waals surface area (Å²) in [5.41, 5.74) is 9.43. The minimum absolute atomic E-state index is 0.0168. The maximum atomic E-state index is 12.1. The van der Waals surface area contributed by atoms with E-state index in [9.17, 15) is 4.79 Å². The van der Waals surface area contributed by atoms with Gasteiger partial charge in [-0.15, -0.1) is 0 Å². The van der Waals surface area contributed by atoms with Crippen LogP contribution in [0, 0.1) is 5.92 Å². The van der Waals surface area contributed by atoms with Crippen LogP contribution in [0.5, 0.6) is 0 Å². The van der Waals surface area contributed by atoms with Gasteiger partial charge in [-0.3, -0.25) is 4.79 Å². The molecule has 1 amide bonds. The first kappa shape index (κ1) is 15.1. The second-order valence-electron chi connectivity index (χ2n) is 5.65. The van der Waals surface area contributed by atoms with Crippen LogP contribution in [0.25, 0.3) is 5.57 Å². The van der Waals surface area contributed by atoms with Crippen molar-refractivity contribution in [2.45, 2.75) is 20.3 Å². The molecule has 2 rings (SSSR count). The van der Waals surface area contributed by atoms with E-state index in [2.05, 4.69) is 19.2 Å². The normalized spacial score (nSPS) is 14.4. The van der Waals surface area contributed by atoms with Crippen LogP contribution in [-0.4, -0.2) is 12.5 Å². The lowest BCUT2D eigenvalue weighted by Crippen LogP contribution is -2.28. The van der Waals surface area contributed by atoms with Crippen molar-refractivity contribution in [2.75, 3.05) is 12.3 Å². The van der Waals surface area contributed by atoms with Gasteiger partial charge in [-0.25, -0.2) is 0 Å². The van der Waals surface area contributed by atoms with Gasteiger partial charge in [-0.2, -0.15) is 0 Å². The Morgan fingerprint density at radius 1 is 1.24 bits per heavy atom. The Bertz CT molecular complexity index is 592. The Morgan fingerprint density at radius 3 is 2.62 bits per heavy atom. The Hall–Kier alpha value is -2.29. The fourth-order valence-corrected chi connectivity index (χ4v) is 2.07. The molecule has 1 aliphatic carbocycles. The molecule has 0 saturated carbocycles. The van der Waals surface area contributed by atoms with Crippen molar-refractivity contribution in [3.63, 3.8) is 0 Å². The van der Waals surface area contributed by atoms with Crippen LogP contribution in [-0.2, 0) is 4.79 Å². The molecule has 0 atom stereocenters. The maximum Gasteiger partial charge on any atom is 0.247 e. The zero-order chi connectivity index (χ0) is 15.2. The number of allylic oxidation sites excluding steroid dienone is 5. The third-order valence-electron chi connectivity index (χ3n) is 3.31. The number of hydrogen-bond acceptors (Lipinski definition) is 2. The first-order valence-electron chi connectivity index (χ1n) is 7.28. The summed E-state index contributed by atoms with van der Waals surface area (Å²) in [5.74, 6) is 0.472. The Balaban J connectivity index is 2.13. The quantitative estimate of drug-likeness (QED) is 0.832. The zero-order valence-electron chi connectivity index (χ0n) is 12.6. The molecule has 110 valence electrons. The molecule has 3 heteroatoms. The van der Waals surface area contributed by atoms with Crippen LogP contribution in [0.3, 0.4) is 0 Å². The van der Waals surface area contributed by atoms with E-state index in [1.54, 1.807) is 0 Å². The summed E-state index contributed by atoms with van der Waals surface area (Å²) in [5, 5.41) is 2.95. The largest absolute Gasteiger partial charge is 0.399 e. The highest BCUT2D eigenvalue weighted by Crippen LogP contribution is 2.21. The Labute approximate surface area is 126 Å². The van der Waals surface area contributed by atoms with E-state index >= 15 is 0 Å². The molecule has 0 unspecified atom stereocenters. The van der Waals surface area contributed by atoms with Crippen molar-refractivity contribution in [2.24, 2.45) is 5.92 Å². The lowest BCUT2D eigenvalue weighted by molar-refractivity contribution is -0.117. The van der Waals surface area contributed by atoms with E-state index in [0.717, 1.165) is 22.4 Å². The number of nitrogens with one attached hydrogen (secondary N) is 1. The van der Waals surface area contributed by atoms with Gasteiger partial charge in [0.2, 0.25) is 5.91 Å². The summed E-state index contributed by atoms with van der Waals surface area (Å²) in [6.07, 6.45) is 8.61. The molecule has 1 aliphatic rings. The molecule has 3 N–H and O–H groups in total. The number of benzene rings is 1. The molecular weight excluding hydrogens is 260 g/mol. The number of nitrogen functional groups attached to an aromatic ring is 1. The SMILES string of the molecule is CC(C)CNC(=O)C1=CC=C(c2ccc(N)cc2)C=CC1. The summed E-state index contributed by atoms with van der Waals surface area (Å²) in [6, 6.07) is 7.75. The van der Waals surface area contributed by atoms with Gasteiger partial charge < -0.3 is 11.1 Å². The first-order chi connectivity index (χ1) is 10.1. The lowest BCUT2D eigenvalue weighted by Gasteiger charge is -2.08. The van der Waals surface area contributed by atoms with E-state index in [-0.39, 0.29) is 5.91 Å². The monoisotopic (exact) mass is 282 g/mol. The van der Waals surface area contributed by atoms with Gasteiger partial charge in [-0.05, 0) is 35.6 Å². The summed E-state index contributed by atoms with van der Waals surface area (Å²) in [7, 11) is 0. The number of amides is 1. The summed E-state index contributed by atoms with van der Waals surface area (Å²) in [6.45, 7) is 4.87. The maximum absolute atomic E-state index is 12.1. The van der Waals surface area contributed by atoms with Crippen LogP contribution >= 0.6 is 0 Å². The van der Waals surface area contributed by atoms with E-state index < -0.39 is 0 Å². The fraction of sp³-hybridized carbons (Fsp3) is 0.278. The molecule has 1 aromatic carbocycles. The molecule has 0 aromatic heterocycles. The van der Waals surface area contributed by atoms with Crippen molar-refractivity contribution < 1.29 is 4.79 Å². The minimum atomic E-state index is 0.0168. The topological polar surface area (TPSA) is 55.1 Å². The first-order valence-corrected chi connectivity index (χ1v) is 7.28. The molecule has 0 radical (unpaired) electrons. The summed E-state index contributed by atoms with van der Waals surface area (Å²) in [4.78, 5) is 12.1. The van der Waals surface area contributed by atoms with Gasteiger partial charge in [-0.1, -0.05) is 50.3 Å². The van der Waals surface area contributed by atoms with Crippen LogP contribution in [0.15, 0.2) is 54.1 Å². The van der Waals surface area contributed by atoms with E-state index in [0.29, 0.717) is 18.9 Å². The van der Waals surface area contributed by atoms with Gasteiger partial charge in [0.25, 0.3) is 0 Å². The van der Waals surface area contributed by atoms with Crippen LogP contribution < -0.4 is 11.1 Å². The molecule has 0 aliphatic heterocycles. The average molecular weight is 282 g/mol. The fourth-order valence-electron chi connectivity index (χ4n) is 2.07. The number of hydrogen-bond donors (Lipinski definition) is 2. The van der Waals surface area contributed by atoms with Crippen molar-refractivity contribution in [3.05, 3.63) is 59.7 Å². The minimum Gasteiger partial charge on any atom is -0.399 e. The number of carbonyl (C=O) groups is 1. The standard InChI is InChI=1S/C18H22N2O/c1-13(2)12-20-18(21)16-5-3-4-14(6-7-16)15-8-10-17(19)11-9-15/h3-4,6-11,13H,5,12,19H2,1-2H3,(H,20,21). The van der Waals surface area contributed by atoms with Crippen molar-refractivity contribution in [1.82, 2.24) is 5.32 Å². The molecule has 3 nitrogen and oxygen atoms in total. The molecule has 0 spiro atoms. The second-order valence-corrected chi connectivity index (χ2v) is 5.65. The third kappa shape index (κ3) is 4.35.